The Balaban J connectivity index is 1.84. The molecule has 0 aromatic carbocycles. The number of halogens is 2. The Kier molecular flexibility index (Phi) is 5.00. The quantitative estimate of drug-likeness (QED) is 0.743. The predicted molar refractivity (Wildman–Crippen MR) is 81.1 cm³/mol. The first-order valence-electron chi connectivity index (χ1n) is 8.18. The molecule has 0 radical (unpaired) electrons. The second kappa shape index (κ2) is 6.30. The molecule has 2 saturated heterocycles. The summed E-state index contributed by atoms with van der Waals surface area (Å²) in [4.78, 5) is 15.6. The molecule has 0 saturated carbocycles. The van der Waals surface area contributed by atoms with Crippen LogP contribution in [0, 0.1) is 5.92 Å². The highest BCUT2D eigenvalue weighted by Crippen LogP contribution is 2.34. The van der Waals surface area contributed by atoms with Crippen LogP contribution in [0.4, 0.5) is 13.6 Å². The van der Waals surface area contributed by atoms with Gasteiger partial charge in [-0.3, -0.25) is 4.90 Å². The predicted octanol–water partition coefficient (Wildman–Crippen LogP) is 3.36. The number of amides is 1. The molecule has 0 aliphatic carbocycles. The standard InChI is InChI=1S/C16H28F2N2O2/c1-12-5-8-20(11-16(12,17)18)13-6-9-19(10-7-13)14(21)22-15(2,3)4/h12-13H,5-11H2,1-4H3. The second-order valence-electron chi connectivity index (χ2n) is 7.62. The van der Waals surface area contributed by atoms with Gasteiger partial charge in [0, 0.05) is 25.0 Å². The topological polar surface area (TPSA) is 32.8 Å². The van der Waals surface area contributed by atoms with Crippen LogP contribution in [0.25, 0.3) is 0 Å². The van der Waals surface area contributed by atoms with Gasteiger partial charge in [0.25, 0.3) is 5.92 Å². The first-order valence-corrected chi connectivity index (χ1v) is 8.18. The van der Waals surface area contributed by atoms with E-state index in [9.17, 15) is 13.6 Å². The van der Waals surface area contributed by atoms with Gasteiger partial charge in [0.15, 0.2) is 0 Å². The van der Waals surface area contributed by atoms with E-state index in [1.54, 1.807) is 11.8 Å². The first-order chi connectivity index (χ1) is 10.1. The molecule has 1 amide bonds. The van der Waals surface area contributed by atoms with Crippen LogP contribution < -0.4 is 0 Å². The Bertz CT molecular complexity index is 401. The number of carbonyl (C=O) groups is 1. The largest absolute Gasteiger partial charge is 0.444 e. The van der Waals surface area contributed by atoms with E-state index in [0.29, 0.717) is 19.5 Å². The van der Waals surface area contributed by atoms with Gasteiger partial charge in [0.2, 0.25) is 0 Å². The number of hydrogen-bond donors (Lipinski definition) is 0. The molecule has 128 valence electrons. The van der Waals surface area contributed by atoms with Crippen molar-refractivity contribution >= 4 is 6.09 Å². The number of rotatable bonds is 1. The average molecular weight is 318 g/mol. The molecule has 2 fully saturated rings. The lowest BCUT2D eigenvalue weighted by Crippen LogP contribution is -2.54. The maximum Gasteiger partial charge on any atom is 0.410 e. The van der Waals surface area contributed by atoms with E-state index < -0.39 is 17.4 Å². The number of likely N-dealkylation sites (tertiary alicyclic amines) is 2. The summed E-state index contributed by atoms with van der Waals surface area (Å²) in [5.41, 5.74) is -0.501. The van der Waals surface area contributed by atoms with Gasteiger partial charge in [-0.15, -0.1) is 0 Å². The van der Waals surface area contributed by atoms with Crippen LogP contribution in [0.1, 0.15) is 47.0 Å². The molecule has 2 aliphatic heterocycles. The minimum atomic E-state index is -2.60. The van der Waals surface area contributed by atoms with E-state index in [2.05, 4.69) is 0 Å². The summed E-state index contributed by atoms with van der Waals surface area (Å²) in [5, 5.41) is 0. The van der Waals surface area contributed by atoms with Gasteiger partial charge in [0.05, 0.1) is 6.54 Å². The van der Waals surface area contributed by atoms with E-state index in [-0.39, 0.29) is 18.7 Å². The molecule has 1 unspecified atom stereocenters. The first kappa shape index (κ1) is 17.4. The number of alkyl halides is 2. The van der Waals surface area contributed by atoms with Gasteiger partial charge < -0.3 is 9.64 Å². The molecule has 22 heavy (non-hydrogen) atoms. The molecule has 1 atom stereocenters. The highest BCUT2D eigenvalue weighted by Gasteiger charge is 2.44. The molecular formula is C16H28F2N2O2. The van der Waals surface area contributed by atoms with Crippen molar-refractivity contribution in [2.75, 3.05) is 26.2 Å². The molecule has 0 aromatic rings. The molecule has 2 rings (SSSR count). The molecule has 2 heterocycles. The number of ether oxygens (including phenoxy) is 1. The molecule has 0 aromatic heterocycles. The van der Waals surface area contributed by atoms with Crippen LogP contribution in [-0.2, 0) is 4.74 Å². The lowest BCUT2D eigenvalue weighted by Gasteiger charge is -2.44. The molecule has 0 bridgehead atoms. The van der Waals surface area contributed by atoms with Crippen molar-refractivity contribution in [1.82, 2.24) is 9.80 Å². The van der Waals surface area contributed by atoms with Crippen molar-refractivity contribution in [1.29, 1.82) is 0 Å². The molecule has 4 nitrogen and oxygen atoms in total. The summed E-state index contributed by atoms with van der Waals surface area (Å²) in [6.45, 7) is 8.90. The lowest BCUT2D eigenvalue weighted by molar-refractivity contribution is -0.117. The zero-order valence-electron chi connectivity index (χ0n) is 14.1. The summed E-state index contributed by atoms with van der Waals surface area (Å²) in [5.74, 6) is -3.13. The van der Waals surface area contributed by atoms with Crippen molar-refractivity contribution in [3.63, 3.8) is 0 Å². The zero-order chi connectivity index (χ0) is 16.5. The maximum atomic E-state index is 13.9. The van der Waals surface area contributed by atoms with E-state index in [4.69, 9.17) is 4.74 Å². The molecular weight excluding hydrogens is 290 g/mol. The number of piperidine rings is 2. The smallest absolute Gasteiger partial charge is 0.410 e. The summed E-state index contributed by atoms with van der Waals surface area (Å²) >= 11 is 0. The van der Waals surface area contributed by atoms with Crippen molar-refractivity contribution in [2.24, 2.45) is 5.92 Å². The Morgan fingerprint density at radius 2 is 1.73 bits per heavy atom. The summed E-state index contributed by atoms with van der Waals surface area (Å²) in [6, 6.07) is 0.150. The Morgan fingerprint density at radius 3 is 2.23 bits per heavy atom. The minimum absolute atomic E-state index is 0.148. The van der Waals surface area contributed by atoms with Gasteiger partial charge in [-0.2, -0.15) is 0 Å². The van der Waals surface area contributed by atoms with Crippen LogP contribution >= 0.6 is 0 Å². The SMILES string of the molecule is CC1CCN(C2CCN(C(=O)OC(C)(C)C)CC2)CC1(F)F. The van der Waals surface area contributed by atoms with Crippen molar-refractivity contribution in [3.8, 4) is 0 Å². The second-order valence-corrected chi connectivity index (χ2v) is 7.62. The van der Waals surface area contributed by atoms with Crippen LogP contribution in [0.5, 0.6) is 0 Å². The highest BCUT2D eigenvalue weighted by molar-refractivity contribution is 5.68. The fourth-order valence-electron chi connectivity index (χ4n) is 3.13. The summed E-state index contributed by atoms with van der Waals surface area (Å²) in [7, 11) is 0. The van der Waals surface area contributed by atoms with E-state index in [1.165, 1.54) is 0 Å². The Hall–Kier alpha value is -0.910. The van der Waals surface area contributed by atoms with Crippen molar-refractivity contribution in [2.45, 2.75) is 64.5 Å². The average Bonchev–Trinajstić information content (AvgIpc) is 2.40. The van der Waals surface area contributed by atoms with Gasteiger partial charge in [-0.1, -0.05) is 6.92 Å². The monoisotopic (exact) mass is 318 g/mol. The normalized spacial score (nSPS) is 27.7. The van der Waals surface area contributed by atoms with Crippen molar-refractivity contribution < 1.29 is 18.3 Å². The van der Waals surface area contributed by atoms with E-state index in [0.717, 1.165) is 19.4 Å². The zero-order valence-corrected chi connectivity index (χ0v) is 14.1. The number of nitrogens with zero attached hydrogens (tertiary/aromatic N) is 2. The van der Waals surface area contributed by atoms with E-state index in [1.807, 2.05) is 25.7 Å². The Labute approximate surface area is 131 Å². The van der Waals surface area contributed by atoms with Gasteiger partial charge in [0.1, 0.15) is 5.60 Å². The van der Waals surface area contributed by atoms with Crippen LogP contribution in [-0.4, -0.2) is 59.6 Å². The van der Waals surface area contributed by atoms with Crippen LogP contribution in [0.15, 0.2) is 0 Å². The third kappa shape index (κ3) is 4.31. The fourth-order valence-corrected chi connectivity index (χ4v) is 3.13. The van der Waals surface area contributed by atoms with Gasteiger partial charge >= 0.3 is 6.09 Å². The number of carbonyl (C=O) groups excluding carboxylic acids is 1. The van der Waals surface area contributed by atoms with E-state index >= 15 is 0 Å². The molecule has 2 aliphatic rings. The fraction of sp³-hybridized carbons (Fsp3) is 0.938. The van der Waals surface area contributed by atoms with Gasteiger partial charge in [-0.05, 0) is 46.6 Å². The molecule has 0 spiro atoms. The molecule has 0 N–H and O–H groups in total. The maximum absolute atomic E-state index is 13.9. The number of hydrogen-bond acceptors (Lipinski definition) is 3. The summed E-state index contributed by atoms with van der Waals surface area (Å²) < 4.78 is 33.1. The third-order valence-corrected chi connectivity index (χ3v) is 4.62. The third-order valence-electron chi connectivity index (χ3n) is 4.62. The van der Waals surface area contributed by atoms with Crippen LogP contribution in [0.2, 0.25) is 0 Å². The van der Waals surface area contributed by atoms with Crippen LogP contribution in [0.3, 0.4) is 0 Å². The Morgan fingerprint density at radius 1 is 1.14 bits per heavy atom. The van der Waals surface area contributed by atoms with Gasteiger partial charge in [-0.25, -0.2) is 13.6 Å². The van der Waals surface area contributed by atoms with Crippen molar-refractivity contribution in [3.05, 3.63) is 0 Å². The molecule has 6 heteroatoms. The minimum Gasteiger partial charge on any atom is -0.444 e. The highest BCUT2D eigenvalue weighted by atomic mass is 19.3. The lowest BCUT2D eigenvalue weighted by atomic mass is 9.92. The summed E-state index contributed by atoms with van der Waals surface area (Å²) in [6.07, 6.45) is 1.72.